The Morgan fingerprint density at radius 1 is 1.03 bits per heavy atom. The molecule has 0 radical (unpaired) electrons. The summed E-state index contributed by atoms with van der Waals surface area (Å²) in [5, 5.41) is 7.40. The van der Waals surface area contributed by atoms with Crippen molar-refractivity contribution in [3.63, 3.8) is 0 Å². The largest absolute Gasteiger partial charge is 0.355 e. The van der Waals surface area contributed by atoms with Crippen molar-refractivity contribution in [3.05, 3.63) is 87.8 Å². The molecule has 0 aliphatic heterocycles. The fourth-order valence-electron chi connectivity index (χ4n) is 3.58. The molecule has 2 aromatic heterocycles. The first-order valence-electron chi connectivity index (χ1n) is 10.4. The van der Waals surface area contributed by atoms with Gasteiger partial charge in [-0.15, -0.1) is 5.10 Å². The minimum atomic E-state index is -0.212. The molecule has 0 bridgehead atoms. The second-order valence-electron chi connectivity index (χ2n) is 7.48. The predicted octanol–water partition coefficient (Wildman–Crippen LogP) is 2.98. The summed E-state index contributed by atoms with van der Waals surface area (Å²) in [5.41, 5.74) is 2.95. The van der Waals surface area contributed by atoms with Crippen molar-refractivity contribution in [1.29, 1.82) is 0 Å². The van der Waals surface area contributed by atoms with Crippen molar-refractivity contribution in [2.45, 2.75) is 33.2 Å². The molecular formula is C24H25N5O2. The third kappa shape index (κ3) is 4.26. The van der Waals surface area contributed by atoms with Gasteiger partial charge in [0, 0.05) is 29.8 Å². The van der Waals surface area contributed by atoms with Gasteiger partial charge in [-0.2, -0.15) is 9.50 Å². The number of benzene rings is 2. The standard InChI is InChI=1S/C24H25N5O2/c1-3-14-25-21(30)16-28-17(2)20(15-18-10-6-4-7-11-18)23(31)29-24(28)26-22(27-29)19-12-8-5-9-13-19/h4-13H,3,14-16H2,1-2H3,(H,25,30). The molecule has 1 amide bonds. The Hall–Kier alpha value is -3.74. The SMILES string of the molecule is CCCNC(=O)Cn1c(C)c(Cc2ccccc2)c(=O)n2nc(-c3ccccc3)nc12. The number of nitrogens with zero attached hydrogens (tertiary/aromatic N) is 4. The van der Waals surface area contributed by atoms with E-state index in [2.05, 4.69) is 15.4 Å². The van der Waals surface area contributed by atoms with Crippen LogP contribution >= 0.6 is 0 Å². The number of carbonyl (C=O) groups is 1. The molecule has 4 aromatic rings. The van der Waals surface area contributed by atoms with Crippen LogP contribution in [0.3, 0.4) is 0 Å². The zero-order chi connectivity index (χ0) is 21.8. The molecule has 158 valence electrons. The van der Waals surface area contributed by atoms with Crippen molar-refractivity contribution < 1.29 is 4.79 Å². The molecule has 2 heterocycles. The quantitative estimate of drug-likeness (QED) is 0.503. The lowest BCUT2D eigenvalue weighted by Crippen LogP contribution is -2.32. The summed E-state index contributed by atoms with van der Waals surface area (Å²) in [4.78, 5) is 30.5. The highest BCUT2D eigenvalue weighted by Gasteiger charge is 2.20. The van der Waals surface area contributed by atoms with Gasteiger partial charge in [-0.3, -0.25) is 9.59 Å². The van der Waals surface area contributed by atoms with Crippen LogP contribution in [0.1, 0.15) is 30.2 Å². The molecule has 7 nitrogen and oxygen atoms in total. The van der Waals surface area contributed by atoms with E-state index in [9.17, 15) is 9.59 Å². The minimum absolute atomic E-state index is 0.0737. The monoisotopic (exact) mass is 415 g/mol. The Labute approximate surface area is 180 Å². The van der Waals surface area contributed by atoms with Gasteiger partial charge in [0.1, 0.15) is 6.54 Å². The summed E-state index contributed by atoms with van der Waals surface area (Å²) in [6, 6.07) is 19.3. The Morgan fingerprint density at radius 3 is 2.39 bits per heavy atom. The molecule has 0 aliphatic rings. The smallest absolute Gasteiger partial charge is 0.279 e. The zero-order valence-corrected chi connectivity index (χ0v) is 17.7. The lowest BCUT2D eigenvalue weighted by atomic mass is 10.0. The van der Waals surface area contributed by atoms with E-state index in [4.69, 9.17) is 0 Å². The second-order valence-corrected chi connectivity index (χ2v) is 7.48. The zero-order valence-electron chi connectivity index (χ0n) is 17.7. The first kappa shape index (κ1) is 20.5. The number of rotatable bonds is 7. The van der Waals surface area contributed by atoms with Crippen LogP contribution in [0.5, 0.6) is 0 Å². The molecule has 0 unspecified atom stereocenters. The summed E-state index contributed by atoms with van der Waals surface area (Å²) in [5.74, 6) is 0.701. The third-order valence-electron chi connectivity index (χ3n) is 5.25. The maximum atomic E-state index is 13.4. The van der Waals surface area contributed by atoms with E-state index < -0.39 is 0 Å². The van der Waals surface area contributed by atoms with E-state index in [0.29, 0.717) is 30.1 Å². The molecule has 0 aliphatic carbocycles. The molecule has 0 atom stereocenters. The van der Waals surface area contributed by atoms with E-state index in [1.165, 1.54) is 4.52 Å². The van der Waals surface area contributed by atoms with Crippen molar-refractivity contribution >= 4 is 11.7 Å². The lowest BCUT2D eigenvalue weighted by Gasteiger charge is -2.15. The maximum absolute atomic E-state index is 13.4. The molecule has 31 heavy (non-hydrogen) atoms. The van der Waals surface area contributed by atoms with Gasteiger partial charge in [-0.25, -0.2) is 0 Å². The fourth-order valence-corrected chi connectivity index (χ4v) is 3.58. The molecule has 1 N–H and O–H groups in total. The summed E-state index contributed by atoms with van der Waals surface area (Å²) in [6.07, 6.45) is 1.31. The maximum Gasteiger partial charge on any atom is 0.279 e. The molecule has 4 rings (SSSR count). The topological polar surface area (TPSA) is 81.3 Å². The highest BCUT2D eigenvalue weighted by atomic mass is 16.2. The van der Waals surface area contributed by atoms with Gasteiger partial charge in [-0.05, 0) is 18.9 Å². The normalized spacial score (nSPS) is 11.0. The first-order valence-corrected chi connectivity index (χ1v) is 10.4. The predicted molar refractivity (Wildman–Crippen MR) is 120 cm³/mol. The third-order valence-corrected chi connectivity index (χ3v) is 5.25. The van der Waals surface area contributed by atoms with Crippen molar-refractivity contribution in [3.8, 4) is 11.4 Å². The molecular weight excluding hydrogens is 390 g/mol. The van der Waals surface area contributed by atoms with Crippen LogP contribution < -0.4 is 10.9 Å². The van der Waals surface area contributed by atoms with Crippen LogP contribution in [0.15, 0.2) is 65.5 Å². The lowest BCUT2D eigenvalue weighted by molar-refractivity contribution is -0.121. The molecule has 0 fully saturated rings. The second kappa shape index (κ2) is 8.95. The number of amides is 1. The average Bonchev–Trinajstić information content (AvgIpc) is 3.25. The van der Waals surface area contributed by atoms with Gasteiger partial charge < -0.3 is 9.88 Å². The molecule has 7 heteroatoms. The van der Waals surface area contributed by atoms with Crippen LogP contribution in [0.25, 0.3) is 17.2 Å². The fraction of sp³-hybridized carbons (Fsp3) is 0.250. The van der Waals surface area contributed by atoms with Crippen LogP contribution in [0.4, 0.5) is 0 Å². The van der Waals surface area contributed by atoms with Crippen molar-refractivity contribution in [2.75, 3.05) is 6.54 Å². The molecule has 0 saturated carbocycles. The van der Waals surface area contributed by atoms with Gasteiger partial charge in [0.2, 0.25) is 11.7 Å². The summed E-state index contributed by atoms with van der Waals surface area (Å²) in [7, 11) is 0. The van der Waals surface area contributed by atoms with Crippen LogP contribution in [0.2, 0.25) is 0 Å². The minimum Gasteiger partial charge on any atom is -0.355 e. The van der Waals surface area contributed by atoms with E-state index in [1.54, 1.807) is 4.57 Å². The Morgan fingerprint density at radius 2 is 1.71 bits per heavy atom. The first-order chi connectivity index (χ1) is 15.1. The Kier molecular flexibility index (Phi) is 5.93. The van der Waals surface area contributed by atoms with Gasteiger partial charge in [0.25, 0.3) is 5.56 Å². The average molecular weight is 415 g/mol. The highest BCUT2D eigenvalue weighted by Crippen LogP contribution is 2.18. The number of fused-ring (bicyclic) bond motifs is 1. The van der Waals surface area contributed by atoms with Gasteiger partial charge in [-0.1, -0.05) is 67.6 Å². The van der Waals surface area contributed by atoms with Gasteiger partial charge in [0.05, 0.1) is 0 Å². The number of aromatic nitrogens is 4. The summed E-state index contributed by atoms with van der Waals surface area (Å²) in [6.45, 7) is 4.55. The Balaban J connectivity index is 1.87. The van der Waals surface area contributed by atoms with Crippen molar-refractivity contribution in [1.82, 2.24) is 24.5 Å². The van der Waals surface area contributed by atoms with E-state index in [1.807, 2.05) is 74.5 Å². The number of hydrogen-bond acceptors (Lipinski definition) is 4. The number of hydrogen-bond donors (Lipinski definition) is 1. The van der Waals surface area contributed by atoms with E-state index >= 15 is 0 Å². The molecule has 0 saturated heterocycles. The van der Waals surface area contributed by atoms with Crippen LogP contribution in [0, 0.1) is 6.92 Å². The van der Waals surface area contributed by atoms with E-state index in [0.717, 1.165) is 23.2 Å². The van der Waals surface area contributed by atoms with E-state index in [-0.39, 0.29) is 18.0 Å². The Bertz CT molecular complexity index is 1260. The van der Waals surface area contributed by atoms with Gasteiger partial charge >= 0.3 is 0 Å². The van der Waals surface area contributed by atoms with Gasteiger partial charge in [0.15, 0.2) is 5.82 Å². The molecule has 0 spiro atoms. The number of carbonyl (C=O) groups excluding carboxylic acids is 1. The van der Waals surface area contributed by atoms with Crippen LogP contribution in [-0.4, -0.2) is 31.6 Å². The highest BCUT2D eigenvalue weighted by molar-refractivity contribution is 5.76. The summed E-state index contributed by atoms with van der Waals surface area (Å²) >= 11 is 0. The number of nitrogens with one attached hydrogen (secondary N) is 1. The van der Waals surface area contributed by atoms with Crippen molar-refractivity contribution in [2.24, 2.45) is 0 Å². The molecule has 2 aromatic carbocycles. The summed E-state index contributed by atoms with van der Waals surface area (Å²) < 4.78 is 3.10. The van der Waals surface area contributed by atoms with Crippen LogP contribution in [-0.2, 0) is 17.8 Å².